The largest absolute Gasteiger partial charge is 0.385 e. The molecule has 2 saturated heterocycles. The second kappa shape index (κ2) is 4.21. The van der Waals surface area contributed by atoms with Gasteiger partial charge in [0.2, 0.25) is 0 Å². The zero-order valence-electron chi connectivity index (χ0n) is 10.4. The zero-order valence-corrected chi connectivity index (χ0v) is 11.3. The van der Waals surface area contributed by atoms with Crippen LogP contribution >= 0.6 is 0 Å². The summed E-state index contributed by atoms with van der Waals surface area (Å²) in [4.78, 5) is 0. The van der Waals surface area contributed by atoms with Crippen molar-refractivity contribution >= 4 is 9.84 Å². The van der Waals surface area contributed by atoms with Gasteiger partial charge in [0.1, 0.15) is 5.82 Å². The highest BCUT2D eigenvalue weighted by Crippen LogP contribution is 2.48. The summed E-state index contributed by atoms with van der Waals surface area (Å²) in [7, 11) is -3.34. The van der Waals surface area contributed by atoms with Crippen molar-refractivity contribution in [2.24, 2.45) is 0 Å². The van der Waals surface area contributed by atoms with Crippen molar-refractivity contribution in [3.63, 3.8) is 0 Å². The molecule has 0 aliphatic carbocycles. The fourth-order valence-electron chi connectivity index (χ4n) is 3.40. The van der Waals surface area contributed by atoms with Gasteiger partial charge in [0.05, 0.1) is 21.7 Å². The maximum atomic E-state index is 13.8. The smallest absolute Gasteiger partial charge is 0.167 e. The summed E-state index contributed by atoms with van der Waals surface area (Å²) in [5.41, 5.74) is -2.71. The van der Waals surface area contributed by atoms with E-state index in [0.29, 0.717) is 18.9 Å². The van der Waals surface area contributed by atoms with Crippen molar-refractivity contribution < 1.29 is 26.7 Å². The minimum atomic E-state index is -3.34. The highest BCUT2D eigenvalue weighted by Gasteiger charge is 2.54. The summed E-state index contributed by atoms with van der Waals surface area (Å²) in [6, 6.07) is 1.39. The van der Waals surface area contributed by atoms with Gasteiger partial charge in [-0.15, -0.1) is 0 Å². The molecule has 2 atom stereocenters. The second-order valence-corrected chi connectivity index (χ2v) is 8.08. The van der Waals surface area contributed by atoms with Gasteiger partial charge in [-0.1, -0.05) is 0 Å². The molecule has 7 heteroatoms. The molecule has 110 valence electrons. The predicted molar refractivity (Wildman–Crippen MR) is 65.2 cm³/mol. The molecule has 1 N–H and O–H groups in total. The van der Waals surface area contributed by atoms with Gasteiger partial charge < -0.3 is 5.11 Å². The Morgan fingerprint density at radius 2 is 1.55 bits per heavy atom. The van der Waals surface area contributed by atoms with Gasteiger partial charge >= 0.3 is 0 Å². The van der Waals surface area contributed by atoms with Gasteiger partial charge in [0.15, 0.2) is 21.5 Å². The van der Waals surface area contributed by atoms with Crippen LogP contribution in [0.2, 0.25) is 0 Å². The summed E-state index contributed by atoms with van der Waals surface area (Å²) in [5.74, 6) is -3.74. The quantitative estimate of drug-likeness (QED) is 0.808. The third kappa shape index (κ3) is 1.79. The van der Waals surface area contributed by atoms with Crippen LogP contribution in [0.3, 0.4) is 0 Å². The average molecular weight is 306 g/mol. The molecule has 3 nitrogen and oxygen atoms in total. The van der Waals surface area contributed by atoms with Gasteiger partial charge in [0.25, 0.3) is 0 Å². The standard InChI is InChI=1S/C13H13F3O3S/c14-9-3-4-10(15)12(16)11(9)13(17)5-7-1-2-8(6-13)20(7,18)19/h3-4,7-8,17H,1-2,5-6H2. The van der Waals surface area contributed by atoms with E-state index in [1.165, 1.54) is 0 Å². The lowest BCUT2D eigenvalue weighted by Crippen LogP contribution is -2.44. The molecule has 1 aromatic rings. The van der Waals surface area contributed by atoms with E-state index in [-0.39, 0.29) is 12.8 Å². The molecule has 1 aromatic carbocycles. The minimum Gasteiger partial charge on any atom is -0.385 e. The average Bonchev–Trinajstić information content (AvgIpc) is 2.54. The summed E-state index contributed by atoms with van der Waals surface area (Å²) in [6.07, 6.45) is 0.161. The van der Waals surface area contributed by atoms with Crippen molar-refractivity contribution in [3.05, 3.63) is 35.1 Å². The molecule has 2 heterocycles. The van der Waals surface area contributed by atoms with Crippen molar-refractivity contribution in [2.45, 2.75) is 41.8 Å². The molecular weight excluding hydrogens is 293 g/mol. The van der Waals surface area contributed by atoms with Crippen LogP contribution in [0.25, 0.3) is 0 Å². The first-order valence-electron chi connectivity index (χ1n) is 6.35. The molecule has 2 bridgehead atoms. The van der Waals surface area contributed by atoms with Crippen LogP contribution < -0.4 is 0 Å². The van der Waals surface area contributed by atoms with Crippen molar-refractivity contribution in [1.29, 1.82) is 0 Å². The minimum absolute atomic E-state index is 0.289. The lowest BCUT2D eigenvalue weighted by Gasteiger charge is -2.36. The summed E-state index contributed by atoms with van der Waals surface area (Å²) in [5, 5.41) is 8.91. The Kier molecular flexibility index (Phi) is 2.92. The molecule has 2 fully saturated rings. The predicted octanol–water partition coefficient (Wildman–Crippen LogP) is 2.03. The number of halogens is 3. The van der Waals surface area contributed by atoms with Crippen molar-refractivity contribution in [3.8, 4) is 0 Å². The molecule has 0 saturated carbocycles. The van der Waals surface area contributed by atoms with E-state index in [1.54, 1.807) is 0 Å². The fourth-order valence-corrected chi connectivity index (χ4v) is 5.89. The Morgan fingerprint density at radius 3 is 2.10 bits per heavy atom. The highest BCUT2D eigenvalue weighted by atomic mass is 32.2. The Labute approximate surface area is 114 Å². The van der Waals surface area contributed by atoms with Gasteiger partial charge in [-0.05, 0) is 37.8 Å². The molecule has 0 radical (unpaired) electrons. The SMILES string of the molecule is O=S1(=O)C2CCC1CC(O)(c1c(F)ccc(F)c1F)C2. The molecule has 0 spiro atoms. The number of fused-ring (bicyclic) bond motifs is 2. The van der Waals surface area contributed by atoms with Crippen molar-refractivity contribution in [2.75, 3.05) is 0 Å². The van der Waals surface area contributed by atoms with Crippen LogP contribution in [0.4, 0.5) is 13.2 Å². The van der Waals surface area contributed by atoms with Gasteiger partial charge in [-0.2, -0.15) is 0 Å². The number of benzene rings is 1. The van der Waals surface area contributed by atoms with Crippen molar-refractivity contribution in [1.82, 2.24) is 0 Å². The van der Waals surface area contributed by atoms with Gasteiger partial charge in [-0.25, -0.2) is 21.6 Å². The number of rotatable bonds is 1. The topological polar surface area (TPSA) is 54.4 Å². The van der Waals surface area contributed by atoms with E-state index < -0.39 is 49.0 Å². The lowest BCUT2D eigenvalue weighted by molar-refractivity contribution is 0.00972. The number of hydrogen-bond acceptors (Lipinski definition) is 3. The van der Waals surface area contributed by atoms with E-state index in [1.807, 2.05) is 0 Å². The van der Waals surface area contributed by atoms with Crippen LogP contribution in [0.1, 0.15) is 31.2 Å². The maximum absolute atomic E-state index is 13.8. The maximum Gasteiger partial charge on any atom is 0.167 e. The molecule has 2 unspecified atom stereocenters. The van der Waals surface area contributed by atoms with Gasteiger partial charge in [0, 0.05) is 0 Å². The van der Waals surface area contributed by atoms with Crippen LogP contribution in [0.5, 0.6) is 0 Å². The van der Waals surface area contributed by atoms with Crippen LogP contribution in [-0.2, 0) is 15.4 Å². The monoisotopic (exact) mass is 306 g/mol. The van der Waals surface area contributed by atoms with Crippen LogP contribution in [-0.4, -0.2) is 24.0 Å². The number of hydrogen-bond donors (Lipinski definition) is 1. The summed E-state index contributed by atoms with van der Waals surface area (Å²) in [6.45, 7) is 0. The Bertz CT molecular complexity index is 652. The Hall–Kier alpha value is -1.08. The second-order valence-electron chi connectivity index (χ2n) is 5.57. The molecule has 20 heavy (non-hydrogen) atoms. The van der Waals surface area contributed by atoms with E-state index in [9.17, 15) is 26.7 Å². The van der Waals surface area contributed by atoms with E-state index in [2.05, 4.69) is 0 Å². The summed E-state index contributed by atoms with van der Waals surface area (Å²) < 4.78 is 64.8. The highest BCUT2D eigenvalue weighted by molar-refractivity contribution is 7.93. The molecule has 0 aromatic heterocycles. The molecule has 2 aliphatic heterocycles. The fraction of sp³-hybridized carbons (Fsp3) is 0.538. The molecule has 0 amide bonds. The molecule has 2 aliphatic rings. The Morgan fingerprint density at radius 1 is 1.05 bits per heavy atom. The van der Waals surface area contributed by atoms with Crippen LogP contribution in [0, 0.1) is 17.5 Å². The normalized spacial score (nSPS) is 35.2. The van der Waals surface area contributed by atoms with Crippen LogP contribution in [0.15, 0.2) is 12.1 Å². The molecule has 3 rings (SSSR count). The van der Waals surface area contributed by atoms with E-state index in [0.717, 1.165) is 6.07 Å². The Balaban J connectivity index is 2.10. The number of sulfone groups is 1. The third-order valence-electron chi connectivity index (χ3n) is 4.38. The molecular formula is C13H13F3O3S. The van der Waals surface area contributed by atoms with E-state index in [4.69, 9.17) is 0 Å². The van der Waals surface area contributed by atoms with E-state index >= 15 is 0 Å². The lowest BCUT2D eigenvalue weighted by atomic mass is 9.85. The zero-order chi connectivity index (χ0) is 14.7. The first kappa shape index (κ1) is 13.9. The van der Waals surface area contributed by atoms with Gasteiger partial charge in [-0.3, -0.25) is 0 Å². The first-order chi connectivity index (χ1) is 9.25. The number of aliphatic hydroxyl groups is 1. The first-order valence-corrected chi connectivity index (χ1v) is 7.96. The summed E-state index contributed by atoms with van der Waals surface area (Å²) >= 11 is 0. The third-order valence-corrected chi connectivity index (χ3v) is 7.04.